The second-order valence-corrected chi connectivity index (χ2v) is 5.45. The van der Waals surface area contributed by atoms with E-state index in [1.807, 2.05) is 7.05 Å². The molecule has 2 N–H and O–H groups in total. The lowest BCUT2D eigenvalue weighted by Crippen LogP contribution is -2.37. The van der Waals surface area contributed by atoms with Gasteiger partial charge < -0.3 is 15.4 Å². The minimum Gasteiger partial charge on any atom is -0.496 e. The zero-order chi connectivity index (χ0) is 13.7. The summed E-state index contributed by atoms with van der Waals surface area (Å²) < 4.78 is 5.33. The van der Waals surface area contributed by atoms with E-state index in [1.54, 1.807) is 7.11 Å². The fourth-order valence-corrected chi connectivity index (χ4v) is 2.95. The number of piperidine rings is 1. The van der Waals surface area contributed by atoms with E-state index in [0.717, 1.165) is 12.2 Å². The lowest BCUT2D eigenvalue weighted by molar-refractivity contribution is 0.346. The van der Waals surface area contributed by atoms with Crippen LogP contribution < -0.4 is 15.4 Å². The number of nitrogens with one attached hydrogen (secondary N) is 2. The third-order valence-corrected chi connectivity index (χ3v) is 4.10. The summed E-state index contributed by atoms with van der Waals surface area (Å²) in [6.45, 7) is 3.27. The summed E-state index contributed by atoms with van der Waals surface area (Å²) >= 11 is 0. The van der Waals surface area contributed by atoms with Crippen molar-refractivity contribution in [2.24, 2.45) is 0 Å². The van der Waals surface area contributed by atoms with Gasteiger partial charge in [-0.2, -0.15) is 0 Å². The maximum Gasteiger partial charge on any atom is 0.121 e. The molecule has 0 aliphatic carbocycles. The first-order valence-corrected chi connectivity index (χ1v) is 7.29. The van der Waals surface area contributed by atoms with Crippen LogP contribution in [0, 0.1) is 6.92 Å². The molecule has 1 fully saturated rings. The van der Waals surface area contributed by atoms with Gasteiger partial charge in [-0.15, -0.1) is 0 Å². The van der Waals surface area contributed by atoms with E-state index >= 15 is 0 Å². The van der Waals surface area contributed by atoms with E-state index in [2.05, 4.69) is 35.8 Å². The molecule has 1 saturated heterocycles. The van der Waals surface area contributed by atoms with Crippen LogP contribution in [0.4, 0.5) is 0 Å². The Kier molecular flexibility index (Phi) is 5.23. The Hall–Kier alpha value is -1.06. The molecule has 1 aliphatic heterocycles. The van der Waals surface area contributed by atoms with Crippen molar-refractivity contribution in [3.8, 4) is 5.75 Å². The standard InChI is InChI=1S/C16H26N2O/c1-12-10-13(7-8-16(12)19-3)15(17-2)11-14-6-4-5-9-18-14/h7-8,10,14-15,17-18H,4-6,9,11H2,1-3H3. The minimum absolute atomic E-state index is 0.417. The van der Waals surface area contributed by atoms with Crippen LogP contribution >= 0.6 is 0 Å². The number of ether oxygens (including phenoxy) is 1. The third kappa shape index (κ3) is 3.71. The first kappa shape index (κ1) is 14.4. The molecule has 1 aromatic rings. The van der Waals surface area contributed by atoms with E-state index in [0.29, 0.717) is 12.1 Å². The Morgan fingerprint density at radius 1 is 1.42 bits per heavy atom. The van der Waals surface area contributed by atoms with Gasteiger partial charge in [0, 0.05) is 12.1 Å². The number of aryl methyl sites for hydroxylation is 1. The van der Waals surface area contributed by atoms with Gasteiger partial charge in [0.1, 0.15) is 5.75 Å². The van der Waals surface area contributed by atoms with Crippen molar-refractivity contribution in [1.29, 1.82) is 0 Å². The summed E-state index contributed by atoms with van der Waals surface area (Å²) in [4.78, 5) is 0. The molecule has 2 atom stereocenters. The van der Waals surface area contributed by atoms with Gasteiger partial charge in [-0.3, -0.25) is 0 Å². The second kappa shape index (κ2) is 6.92. The van der Waals surface area contributed by atoms with Crippen molar-refractivity contribution in [1.82, 2.24) is 10.6 Å². The van der Waals surface area contributed by atoms with E-state index in [9.17, 15) is 0 Å². The molecule has 106 valence electrons. The highest BCUT2D eigenvalue weighted by Gasteiger charge is 2.19. The van der Waals surface area contributed by atoms with Crippen molar-refractivity contribution in [3.63, 3.8) is 0 Å². The number of hydrogen-bond donors (Lipinski definition) is 2. The molecule has 0 radical (unpaired) electrons. The van der Waals surface area contributed by atoms with Gasteiger partial charge in [-0.1, -0.05) is 18.6 Å². The van der Waals surface area contributed by atoms with Gasteiger partial charge in [0.05, 0.1) is 7.11 Å². The zero-order valence-electron chi connectivity index (χ0n) is 12.3. The zero-order valence-corrected chi connectivity index (χ0v) is 12.3. The van der Waals surface area contributed by atoms with E-state index in [-0.39, 0.29) is 0 Å². The number of hydrogen-bond acceptors (Lipinski definition) is 3. The average Bonchev–Trinajstić information content (AvgIpc) is 2.46. The van der Waals surface area contributed by atoms with Gasteiger partial charge in [0.25, 0.3) is 0 Å². The fourth-order valence-electron chi connectivity index (χ4n) is 2.95. The lowest BCUT2D eigenvalue weighted by Gasteiger charge is -2.28. The SMILES string of the molecule is CNC(CC1CCCCN1)c1ccc(OC)c(C)c1. The summed E-state index contributed by atoms with van der Waals surface area (Å²) in [5.41, 5.74) is 2.56. The summed E-state index contributed by atoms with van der Waals surface area (Å²) in [5.74, 6) is 0.967. The molecule has 3 nitrogen and oxygen atoms in total. The van der Waals surface area contributed by atoms with Crippen molar-refractivity contribution < 1.29 is 4.74 Å². The molecule has 3 heteroatoms. The Balaban J connectivity index is 2.05. The minimum atomic E-state index is 0.417. The fraction of sp³-hybridized carbons (Fsp3) is 0.625. The molecule has 2 unspecified atom stereocenters. The average molecular weight is 262 g/mol. The molecule has 0 aromatic heterocycles. The molecule has 0 spiro atoms. The highest BCUT2D eigenvalue weighted by atomic mass is 16.5. The molecule has 1 aliphatic rings. The van der Waals surface area contributed by atoms with Crippen LogP contribution in [0.3, 0.4) is 0 Å². The molecule has 2 rings (SSSR count). The van der Waals surface area contributed by atoms with Crippen molar-refractivity contribution in [2.75, 3.05) is 20.7 Å². The second-order valence-electron chi connectivity index (χ2n) is 5.45. The molecular formula is C16H26N2O. The maximum absolute atomic E-state index is 5.33. The van der Waals surface area contributed by atoms with Crippen LogP contribution in [0.15, 0.2) is 18.2 Å². The molecule has 0 amide bonds. The van der Waals surface area contributed by atoms with E-state index in [1.165, 1.54) is 36.9 Å². The number of methoxy groups -OCH3 is 1. The Morgan fingerprint density at radius 3 is 2.84 bits per heavy atom. The number of benzene rings is 1. The maximum atomic E-state index is 5.33. The van der Waals surface area contributed by atoms with Gasteiger partial charge in [0.2, 0.25) is 0 Å². The Labute approximate surface area is 116 Å². The van der Waals surface area contributed by atoms with Gasteiger partial charge in [-0.05, 0) is 57.0 Å². The topological polar surface area (TPSA) is 33.3 Å². The largest absolute Gasteiger partial charge is 0.496 e. The highest BCUT2D eigenvalue weighted by molar-refractivity contribution is 5.37. The van der Waals surface area contributed by atoms with Crippen molar-refractivity contribution in [2.45, 2.75) is 44.7 Å². The van der Waals surface area contributed by atoms with Crippen LogP contribution in [0.25, 0.3) is 0 Å². The summed E-state index contributed by atoms with van der Waals surface area (Å²) in [6, 6.07) is 7.55. The van der Waals surface area contributed by atoms with Crippen LogP contribution in [0.1, 0.15) is 42.9 Å². The van der Waals surface area contributed by atoms with Crippen molar-refractivity contribution >= 4 is 0 Å². The smallest absolute Gasteiger partial charge is 0.121 e. The molecule has 1 aromatic carbocycles. The Morgan fingerprint density at radius 2 is 2.26 bits per heavy atom. The van der Waals surface area contributed by atoms with Crippen LogP contribution in [-0.4, -0.2) is 26.7 Å². The lowest BCUT2D eigenvalue weighted by atomic mass is 9.93. The predicted molar refractivity (Wildman–Crippen MR) is 79.8 cm³/mol. The summed E-state index contributed by atoms with van der Waals surface area (Å²) in [5, 5.41) is 7.08. The summed E-state index contributed by atoms with van der Waals surface area (Å²) in [6.07, 6.45) is 5.13. The first-order valence-electron chi connectivity index (χ1n) is 7.29. The highest BCUT2D eigenvalue weighted by Crippen LogP contribution is 2.26. The van der Waals surface area contributed by atoms with Gasteiger partial charge >= 0.3 is 0 Å². The quantitative estimate of drug-likeness (QED) is 0.856. The molecule has 0 bridgehead atoms. The van der Waals surface area contributed by atoms with Crippen LogP contribution in [0.2, 0.25) is 0 Å². The predicted octanol–water partition coefficient (Wildman–Crippen LogP) is 2.80. The van der Waals surface area contributed by atoms with Crippen LogP contribution in [-0.2, 0) is 0 Å². The normalized spacial score (nSPS) is 21.1. The molecular weight excluding hydrogens is 236 g/mol. The van der Waals surface area contributed by atoms with Crippen LogP contribution in [0.5, 0.6) is 5.75 Å². The number of rotatable bonds is 5. The Bertz CT molecular complexity index is 400. The van der Waals surface area contributed by atoms with E-state index in [4.69, 9.17) is 4.74 Å². The van der Waals surface area contributed by atoms with Gasteiger partial charge in [0.15, 0.2) is 0 Å². The molecule has 19 heavy (non-hydrogen) atoms. The molecule has 0 saturated carbocycles. The monoisotopic (exact) mass is 262 g/mol. The summed E-state index contributed by atoms with van der Waals surface area (Å²) in [7, 11) is 3.77. The molecule has 1 heterocycles. The van der Waals surface area contributed by atoms with E-state index < -0.39 is 0 Å². The van der Waals surface area contributed by atoms with Gasteiger partial charge in [-0.25, -0.2) is 0 Å². The third-order valence-electron chi connectivity index (χ3n) is 4.10. The first-order chi connectivity index (χ1) is 9.24. The van der Waals surface area contributed by atoms with Crippen molar-refractivity contribution in [3.05, 3.63) is 29.3 Å².